The lowest BCUT2D eigenvalue weighted by atomic mass is 10.1. The van der Waals surface area contributed by atoms with Gasteiger partial charge in [0.1, 0.15) is 5.82 Å². The van der Waals surface area contributed by atoms with Crippen molar-refractivity contribution in [1.29, 1.82) is 0 Å². The molecule has 0 bridgehead atoms. The van der Waals surface area contributed by atoms with Crippen LogP contribution in [0.15, 0.2) is 48.5 Å². The average molecular weight is 269 g/mol. The van der Waals surface area contributed by atoms with Gasteiger partial charge in [-0.2, -0.15) is 0 Å². The molecule has 2 aromatic carbocycles. The second-order valence-corrected chi connectivity index (χ2v) is 5.25. The molecular weight excluding hydrogens is 253 g/mol. The Morgan fingerprint density at radius 1 is 1.20 bits per heavy atom. The molecule has 2 nitrogen and oxygen atoms in total. The van der Waals surface area contributed by atoms with Gasteiger partial charge in [-0.1, -0.05) is 30.3 Å². The Labute approximate surface area is 117 Å². The van der Waals surface area contributed by atoms with Crippen LogP contribution in [0.4, 0.5) is 10.1 Å². The van der Waals surface area contributed by atoms with Crippen LogP contribution in [-0.4, -0.2) is 11.9 Å². The number of amides is 1. The third kappa shape index (κ3) is 2.31. The van der Waals surface area contributed by atoms with Crippen LogP contribution < -0.4 is 4.90 Å². The normalized spacial score (nSPS) is 17.1. The van der Waals surface area contributed by atoms with Crippen molar-refractivity contribution in [3.05, 3.63) is 65.5 Å². The summed E-state index contributed by atoms with van der Waals surface area (Å²) >= 11 is 0. The SMILES string of the molecule is C[C@H]1Cc2ccccc2N1C(=O)Cc1ccc(F)cc1. The number of rotatable bonds is 2. The molecule has 0 saturated heterocycles. The molecular formula is C17H16FNO. The summed E-state index contributed by atoms with van der Waals surface area (Å²) in [6, 6.07) is 14.3. The molecule has 1 amide bonds. The zero-order chi connectivity index (χ0) is 14.1. The lowest BCUT2D eigenvalue weighted by Gasteiger charge is -2.22. The maximum atomic E-state index is 12.9. The molecule has 1 atom stereocenters. The molecule has 0 fully saturated rings. The van der Waals surface area contributed by atoms with Crippen molar-refractivity contribution >= 4 is 11.6 Å². The first-order valence-corrected chi connectivity index (χ1v) is 6.79. The first-order valence-electron chi connectivity index (χ1n) is 6.79. The summed E-state index contributed by atoms with van der Waals surface area (Å²) in [5.74, 6) is -0.213. The largest absolute Gasteiger partial charge is 0.309 e. The quantitative estimate of drug-likeness (QED) is 0.818. The van der Waals surface area contributed by atoms with Gasteiger partial charge in [0.15, 0.2) is 0 Å². The van der Waals surface area contributed by atoms with Gasteiger partial charge in [0.25, 0.3) is 0 Å². The molecule has 0 N–H and O–H groups in total. The second kappa shape index (κ2) is 5.08. The number of para-hydroxylation sites is 1. The van der Waals surface area contributed by atoms with Gasteiger partial charge in [-0.05, 0) is 42.7 Å². The number of fused-ring (bicyclic) bond motifs is 1. The highest BCUT2D eigenvalue weighted by Crippen LogP contribution is 2.32. The average Bonchev–Trinajstić information content (AvgIpc) is 2.77. The predicted molar refractivity (Wildman–Crippen MR) is 77.2 cm³/mol. The van der Waals surface area contributed by atoms with Crippen molar-refractivity contribution in [2.75, 3.05) is 4.90 Å². The van der Waals surface area contributed by atoms with Gasteiger partial charge < -0.3 is 4.90 Å². The molecule has 0 unspecified atom stereocenters. The number of benzene rings is 2. The van der Waals surface area contributed by atoms with Gasteiger partial charge in [-0.3, -0.25) is 4.79 Å². The van der Waals surface area contributed by atoms with Crippen molar-refractivity contribution in [3.8, 4) is 0 Å². The van der Waals surface area contributed by atoms with E-state index < -0.39 is 0 Å². The van der Waals surface area contributed by atoms with Gasteiger partial charge in [0.2, 0.25) is 5.91 Å². The standard InChI is InChI=1S/C17H16FNO/c1-12-10-14-4-2-3-5-16(14)19(12)17(20)11-13-6-8-15(18)9-7-13/h2-9,12H,10-11H2,1H3/t12-/m0/s1. The molecule has 1 aliphatic heterocycles. The van der Waals surface area contributed by atoms with E-state index in [0.717, 1.165) is 17.7 Å². The summed E-state index contributed by atoms with van der Waals surface area (Å²) in [5, 5.41) is 0. The van der Waals surface area contributed by atoms with E-state index in [1.54, 1.807) is 12.1 Å². The summed E-state index contributed by atoms with van der Waals surface area (Å²) < 4.78 is 12.9. The van der Waals surface area contributed by atoms with E-state index in [9.17, 15) is 9.18 Å². The van der Waals surface area contributed by atoms with E-state index in [0.29, 0.717) is 6.42 Å². The maximum absolute atomic E-state index is 12.9. The fraction of sp³-hybridized carbons (Fsp3) is 0.235. The number of halogens is 1. The first kappa shape index (κ1) is 12.9. The van der Waals surface area contributed by atoms with Crippen LogP contribution in [0.1, 0.15) is 18.1 Å². The number of carbonyl (C=O) groups is 1. The third-order valence-electron chi connectivity index (χ3n) is 3.74. The van der Waals surface area contributed by atoms with Crippen LogP contribution in [0.3, 0.4) is 0 Å². The van der Waals surface area contributed by atoms with E-state index in [2.05, 4.69) is 13.0 Å². The highest BCUT2D eigenvalue weighted by Gasteiger charge is 2.30. The van der Waals surface area contributed by atoms with Gasteiger partial charge in [0.05, 0.1) is 6.42 Å². The van der Waals surface area contributed by atoms with Crippen molar-refractivity contribution in [2.24, 2.45) is 0 Å². The number of hydrogen-bond donors (Lipinski definition) is 0. The molecule has 0 aliphatic carbocycles. The smallest absolute Gasteiger partial charge is 0.231 e. The zero-order valence-corrected chi connectivity index (χ0v) is 11.3. The van der Waals surface area contributed by atoms with E-state index in [1.165, 1.54) is 17.7 Å². The van der Waals surface area contributed by atoms with Gasteiger partial charge >= 0.3 is 0 Å². The van der Waals surface area contributed by atoms with Crippen LogP contribution in [-0.2, 0) is 17.6 Å². The Kier molecular flexibility index (Phi) is 3.26. The minimum atomic E-state index is -0.277. The Balaban J connectivity index is 1.82. The van der Waals surface area contributed by atoms with Crippen LogP contribution in [0.2, 0.25) is 0 Å². The van der Waals surface area contributed by atoms with Gasteiger partial charge in [-0.15, -0.1) is 0 Å². The third-order valence-corrected chi connectivity index (χ3v) is 3.74. The number of hydrogen-bond acceptors (Lipinski definition) is 1. The van der Waals surface area contributed by atoms with E-state index in [1.807, 2.05) is 23.1 Å². The number of nitrogens with zero attached hydrogens (tertiary/aromatic N) is 1. The molecule has 0 aromatic heterocycles. The summed E-state index contributed by atoms with van der Waals surface area (Å²) in [6.45, 7) is 2.06. The van der Waals surface area contributed by atoms with E-state index >= 15 is 0 Å². The molecule has 3 rings (SSSR count). The summed E-state index contributed by atoms with van der Waals surface area (Å²) in [5.41, 5.74) is 3.06. The van der Waals surface area contributed by atoms with Crippen LogP contribution in [0.25, 0.3) is 0 Å². The summed E-state index contributed by atoms with van der Waals surface area (Å²) in [4.78, 5) is 14.4. The van der Waals surface area contributed by atoms with Gasteiger partial charge in [0, 0.05) is 11.7 Å². The molecule has 2 aromatic rings. The zero-order valence-electron chi connectivity index (χ0n) is 11.3. The Bertz CT molecular complexity index is 636. The van der Waals surface area contributed by atoms with Crippen molar-refractivity contribution in [3.63, 3.8) is 0 Å². The van der Waals surface area contributed by atoms with Crippen LogP contribution in [0.5, 0.6) is 0 Å². The number of carbonyl (C=O) groups excluding carboxylic acids is 1. The molecule has 3 heteroatoms. The molecule has 0 radical (unpaired) electrons. The van der Waals surface area contributed by atoms with E-state index in [4.69, 9.17) is 0 Å². The van der Waals surface area contributed by atoms with Gasteiger partial charge in [-0.25, -0.2) is 4.39 Å². The van der Waals surface area contributed by atoms with E-state index in [-0.39, 0.29) is 17.8 Å². The Hall–Kier alpha value is -2.16. The van der Waals surface area contributed by atoms with Crippen molar-refractivity contribution in [1.82, 2.24) is 0 Å². The molecule has 0 spiro atoms. The topological polar surface area (TPSA) is 20.3 Å². The van der Waals surface area contributed by atoms with Crippen molar-refractivity contribution in [2.45, 2.75) is 25.8 Å². The Morgan fingerprint density at radius 3 is 2.65 bits per heavy atom. The van der Waals surface area contributed by atoms with Crippen LogP contribution in [0, 0.1) is 5.82 Å². The van der Waals surface area contributed by atoms with Crippen LogP contribution >= 0.6 is 0 Å². The second-order valence-electron chi connectivity index (χ2n) is 5.25. The molecule has 0 saturated carbocycles. The molecule has 20 heavy (non-hydrogen) atoms. The summed E-state index contributed by atoms with van der Waals surface area (Å²) in [6.07, 6.45) is 1.20. The number of anilines is 1. The lowest BCUT2D eigenvalue weighted by molar-refractivity contribution is -0.118. The highest BCUT2D eigenvalue weighted by molar-refractivity contribution is 5.97. The summed E-state index contributed by atoms with van der Waals surface area (Å²) in [7, 11) is 0. The minimum Gasteiger partial charge on any atom is -0.309 e. The minimum absolute atomic E-state index is 0.0639. The molecule has 1 aliphatic rings. The fourth-order valence-corrected chi connectivity index (χ4v) is 2.81. The molecule has 1 heterocycles. The monoisotopic (exact) mass is 269 g/mol. The lowest BCUT2D eigenvalue weighted by Crippen LogP contribution is -2.36. The first-order chi connectivity index (χ1) is 9.65. The fourth-order valence-electron chi connectivity index (χ4n) is 2.81. The molecule has 102 valence electrons. The van der Waals surface area contributed by atoms with Crippen molar-refractivity contribution < 1.29 is 9.18 Å². The highest BCUT2D eigenvalue weighted by atomic mass is 19.1. The maximum Gasteiger partial charge on any atom is 0.231 e. The predicted octanol–water partition coefficient (Wildman–Crippen LogP) is 3.35. The Morgan fingerprint density at radius 2 is 1.90 bits per heavy atom.